The predicted octanol–water partition coefficient (Wildman–Crippen LogP) is 1.41. The largest absolute Gasteiger partial charge is 0.477 e. The Morgan fingerprint density at radius 2 is 2.15 bits per heavy atom. The van der Waals surface area contributed by atoms with E-state index in [1.807, 2.05) is 22.6 Å². The zero-order chi connectivity index (χ0) is 10.0. The molecule has 0 aliphatic rings. The van der Waals surface area contributed by atoms with E-state index in [0.29, 0.717) is 4.88 Å². The quantitative estimate of drug-likeness (QED) is 0.654. The van der Waals surface area contributed by atoms with Crippen LogP contribution in [0.25, 0.3) is 0 Å². The van der Waals surface area contributed by atoms with Crippen LogP contribution in [-0.4, -0.2) is 17.0 Å². The highest BCUT2D eigenvalue weighted by Crippen LogP contribution is 2.29. The van der Waals surface area contributed by atoms with Gasteiger partial charge in [-0.25, -0.2) is 4.79 Å². The molecule has 0 aromatic carbocycles. The highest BCUT2D eigenvalue weighted by atomic mass is 127. The third-order valence-electron chi connectivity index (χ3n) is 1.34. The maximum atomic E-state index is 10.8. The molecule has 13 heavy (non-hydrogen) atoms. The van der Waals surface area contributed by atoms with E-state index in [9.17, 15) is 9.59 Å². The maximum Gasteiger partial charge on any atom is 0.345 e. The fourth-order valence-corrected chi connectivity index (χ4v) is 2.17. The molecule has 0 aliphatic heterocycles. The number of hydrogen-bond acceptors (Lipinski definition) is 3. The topological polar surface area (TPSA) is 80.4 Å². The van der Waals surface area contributed by atoms with Crippen LogP contribution in [-0.2, 0) is 4.79 Å². The highest BCUT2D eigenvalue weighted by molar-refractivity contribution is 14.1. The summed E-state index contributed by atoms with van der Waals surface area (Å²) in [6.45, 7) is 0. The molecule has 1 aromatic heterocycles. The molecule has 6 heteroatoms. The molecule has 70 valence electrons. The summed E-state index contributed by atoms with van der Waals surface area (Å²) >= 11 is 2.95. The van der Waals surface area contributed by atoms with Gasteiger partial charge in [0.25, 0.3) is 0 Å². The summed E-state index contributed by atoms with van der Waals surface area (Å²) in [7, 11) is 0. The minimum Gasteiger partial charge on any atom is -0.477 e. The van der Waals surface area contributed by atoms with Gasteiger partial charge in [0.15, 0.2) is 0 Å². The van der Waals surface area contributed by atoms with Gasteiger partial charge in [-0.3, -0.25) is 4.79 Å². The minimum atomic E-state index is -0.982. The van der Waals surface area contributed by atoms with Crippen molar-refractivity contribution in [3.8, 4) is 0 Å². The molecule has 1 rings (SSSR count). The lowest BCUT2D eigenvalue weighted by Gasteiger charge is -1.99. The first-order valence-electron chi connectivity index (χ1n) is 3.29. The molecule has 0 spiro atoms. The molecule has 1 heterocycles. The van der Waals surface area contributed by atoms with Crippen molar-refractivity contribution < 1.29 is 14.7 Å². The van der Waals surface area contributed by atoms with Crippen LogP contribution in [0.5, 0.6) is 0 Å². The fourth-order valence-electron chi connectivity index (χ4n) is 0.744. The smallest absolute Gasteiger partial charge is 0.345 e. The molecular weight excluding hydrogens is 305 g/mol. The Morgan fingerprint density at radius 1 is 1.54 bits per heavy atom. The Hall–Kier alpha value is -0.630. The van der Waals surface area contributed by atoms with Gasteiger partial charge in [-0.05, 0) is 12.1 Å². The lowest BCUT2D eigenvalue weighted by atomic mass is 10.3. The number of halogens is 1. The fraction of sp³-hybridized carbons (Fsp3) is 0.143. The average molecular weight is 311 g/mol. The first-order valence-corrected chi connectivity index (χ1v) is 5.35. The number of primary amides is 1. The zero-order valence-corrected chi connectivity index (χ0v) is 9.33. The van der Waals surface area contributed by atoms with Gasteiger partial charge in [-0.1, -0.05) is 22.6 Å². The van der Waals surface area contributed by atoms with Gasteiger partial charge < -0.3 is 10.8 Å². The summed E-state index contributed by atoms with van der Waals surface area (Å²) in [6, 6.07) is 3.08. The number of aromatic carboxylic acids is 1. The van der Waals surface area contributed by atoms with Crippen molar-refractivity contribution in [1.82, 2.24) is 0 Å². The van der Waals surface area contributed by atoms with Gasteiger partial charge in [0.05, 0.1) is 0 Å². The standard InChI is InChI=1S/C7H6INO3S/c8-5(6(9)10)3-1-2-4(13-3)7(11)12/h1-2,5H,(H2,9,10)(H,11,12)/t5-/m1/s1. The van der Waals surface area contributed by atoms with Crippen molar-refractivity contribution in [1.29, 1.82) is 0 Å². The molecule has 3 N–H and O–H groups in total. The number of amides is 1. The molecule has 1 aromatic rings. The lowest BCUT2D eigenvalue weighted by molar-refractivity contribution is -0.117. The van der Waals surface area contributed by atoms with Crippen molar-refractivity contribution >= 4 is 45.8 Å². The SMILES string of the molecule is NC(=O)[C@H](I)c1ccc(C(=O)O)s1. The molecule has 0 aliphatic carbocycles. The van der Waals surface area contributed by atoms with E-state index < -0.39 is 15.8 Å². The minimum absolute atomic E-state index is 0.220. The summed E-state index contributed by atoms with van der Waals surface area (Å²) in [5, 5.41) is 8.61. The van der Waals surface area contributed by atoms with Crippen LogP contribution in [0.4, 0.5) is 0 Å². The van der Waals surface area contributed by atoms with Crippen LogP contribution in [0.15, 0.2) is 12.1 Å². The average Bonchev–Trinajstić information content (AvgIpc) is 2.50. The van der Waals surface area contributed by atoms with Crippen LogP contribution in [0.1, 0.15) is 18.5 Å². The molecule has 0 saturated heterocycles. The molecule has 1 amide bonds. The van der Waals surface area contributed by atoms with Crippen LogP contribution >= 0.6 is 33.9 Å². The number of carbonyl (C=O) groups excluding carboxylic acids is 1. The number of nitrogens with two attached hydrogens (primary N) is 1. The highest BCUT2D eigenvalue weighted by Gasteiger charge is 2.17. The number of rotatable bonds is 3. The van der Waals surface area contributed by atoms with Crippen molar-refractivity contribution in [2.24, 2.45) is 5.73 Å². The Bertz CT molecular complexity index is 349. The second kappa shape index (κ2) is 4.05. The molecule has 0 bridgehead atoms. The summed E-state index contributed by atoms with van der Waals surface area (Å²) in [5.74, 6) is -1.44. The van der Waals surface area contributed by atoms with Gasteiger partial charge in [-0.2, -0.15) is 0 Å². The predicted molar refractivity (Wildman–Crippen MR) is 57.2 cm³/mol. The lowest BCUT2D eigenvalue weighted by Crippen LogP contribution is -2.15. The number of thiophene rings is 1. The molecule has 1 atom stereocenters. The second-order valence-corrected chi connectivity index (χ2v) is 4.63. The summed E-state index contributed by atoms with van der Waals surface area (Å²) < 4.78 is -0.448. The monoisotopic (exact) mass is 311 g/mol. The van der Waals surface area contributed by atoms with Crippen LogP contribution in [0.2, 0.25) is 0 Å². The van der Waals surface area contributed by atoms with E-state index in [4.69, 9.17) is 10.8 Å². The van der Waals surface area contributed by atoms with Gasteiger partial charge in [0.2, 0.25) is 5.91 Å². The van der Waals surface area contributed by atoms with Gasteiger partial charge in [-0.15, -0.1) is 11.3 Å². The Morgan fingerprint density at radius 3 is 2.54 bits per heavy atom. The van der Waals surface area contributed by atoms with E-state index in [1.165, 1.54) is 6.07 Å². The van der Waals surface area contributed by atoms with Gasteiger partial charge >= 0.3 is 5.97 Å². The molecule has 4 nitrogen and oxygen atoms in total. The number of carboxylic acid groups (broad SMARTS) is 1. The number of alkyl halides is 1. The summed E-state index contributed by atoms with van der Waals surface area (Å²) in [6.07, 6.45) is 0. The normalized spacial score (nSPS) is 12.4. The van der Waals surface area contributed by atoms with Gasteiger partial charge in [0, 0.05) is 4.88 Å². The summed E-state index contributed by atoms with van der Waals surface area (Å²) in [5.41, 5.74) is 5.07. The third kappa shape index (κ3) is 2.41. The molecular formula is C7H6INO3S. The zero-order valence-electron chi connectivity index (χ0n) is 6.36. The Kier molecular flexibility index (Phi) is 3.26. The van der Waals surface area contributed by atoms with Crippen molar-refractivity contribution in [3.63, 3.8) is 0 Å². The molecule has 0 saturated carbocycles. The van der Waals surface area contributed by atoms with Gasteiger partial charge in [0.1, 0.15) is 8.80 Å². The maximum absolute atomic E-state index is 10.8. The first-order chi connectivity index (χ1) is 6.02. The van der Waals surface area contributed by atoms with E-state index in [0.717, 1.165) is 11.3 Å². The second-order valence-electron chi connectivity index (χ2n) is 2.27. The molecule has 0 radical (unpaired) electrons. The third-order valence-corrected chi connectivity index (χ3v) is 4.18. The first kappa shape index (κ1) is 10.5. The van der Waals surface area contributed by atoms with E-state index >= 15 is 0 Å². The van der Waals surface area contributed by atoms with Crippen LogP contribution in [0.3, 0.4) is 0 Å². The number of carbonyl (C=O) groups is 2. The Balaban J connectivity index is 2.91. The Labute approximate surface area is 91.9 Å². The molecule has 0 fully saturated rings. The van der Waals surface area contributed by atoms with E-state index in [1.54, 1.807) is 6.07 Å². The van der Waals surface area contributed by atoms with E-state index in [-0.39, 0.29) is 4.88 Å². The van der Waals surface area contributed by atoms with Crippen LogP contribution < -0.4 is 5.73 Å². The van der Waals surface area contributed by atoms with Crippen molar-refractivity contribution in [2.75, 3.05) is 0 Å². The molecule has 0 unspecified atom stereocenters. The van der Waals surface area contributed by atoms with Crippen molar-refractivity contribution in [3.05, 3.63) is 21.9 Å². The van der Waals surface area contributed by atoms with E-state index in [2.05, 4.69) is 0 Å². The van der Waals surface area contributed by atoms with Crippen molar-refractivity contribution in [2.45, 2.75) is 3.92 Å². The number of carboxylic acids is 1. The van der Waals surface area contributed by atoms with Crippen LogP contribution in [0, 0.1) is 0 Å². The summed E-state index contributed by atoms with van der Waals surface area (Å²) in [4.78, 5) is 22.1. The number of hydrogen-bond donors (Lipinski definition) is 2.